The van der Waals surface area contributed by atoms with Crippen LogP contribution in [0.25, 0.3) is 0 Å². The van der Waals surface area contributed by atoms with Gasteiger partial charge in [-0.05, 0) is 19.4 Å². The number of furan rings is 1. The van der Waals surface area contributed by atoms with Crippen LogP contribution in [0.15, 0.2) is 16.5 Å². The molecule has 32 heavy (non-hydrogen) atoms. The number of Topliss-reactive ketones (excluding diaryl/α,β-unsaturated/α-hetero) is 1. The fourth-order valence-electron chi connectivity index (χ4n) is 3.35. The molecule has 7 heteroatoms. The van der Waals surface area contributed by atoms with E-state index in [2.05, 4.69) is 6.92 Å². The minimum absolute atomic E-state index is 0.0169. The van der Waals surface area contributed by atoms with Gasteiger partial charge in [-0.1, -0.05) is 77.6 Å². The van der Waals surface area contributed by atoms with Crippen LogP contribution in [0.3, 0.4) is 0 Å². The van der Waals surface area contributed by atoms with Crippen LogP contribution in [0.2, 0.25) is 0 Å². The fraction of sp³-hybridized carbons (Fsp3) is 0.720. The summed E-state index contributed by atoms with van der Waals surface area (Å²) in [5.41, 5.74) is 0. The number of hydrogen-bond acceptors (Lipinski definition) is 6. The van der Waals surface area contributed by atoms with E-state index in [0.717, 1.165) is 12.8 Å². The zero-order valence-electron chi connectivity index (χ0n) is 20.2. The van der Waals surface area contributed by atoms with E-state index in [-0.39, 0.29) is 24.0 Å². The van der Waals surface area contributed by atoms with E-state index in [1.54, 1.807) is 6.07 Å². The molecule has 0 radical (unpaired) electrons. The van der Waals surface area contributed by atoms with Crippen molar-refractivity contribution in [1.82, 2.24) is 4.90 Å². The van der Waals surface area contributed by atoms with Gasteiger partial charge in [0.05, 0.1) is 13.2 Å². The lowest BCUT2D eigenvalue weighted by Crippen LogP contribution is -2.34. The molecule has 182 valence electrons. The number of carbonyl (C=O) groups is 3. The van der Waals surface area contributed by atoms with Gasteiger partial charge in [-0.25, -0.2) is 4.79 Å². The van der Waals surface area contributed by atoms with E-state index in [9.17, 15) is 14.4 Å². The Balaban J connectivity index is 2.07. The van der Waals surface area contributed by atoms with Crippen LogP contribution in [0.5, 0.6) is 5.95 Å². The second kappa shape index (κ2) is 17.3. The van der Waals surface area contributed by atoms with Crippen molar-refractivity contribution in [2.75, 3.05) is 26.8 Å². The number of amides is 1. The average molecular weight is 452 g/mol. The molecule has 0 atom stereocenters. The minimum atomic E-state index is -0.741. The van der Waals surface area contributed by atoms with Gasteiger partial charge < -0.3 is 18.8 Å². The van der Waals surface area contributed by atoms with Crippen LogP contribution < -0.4 is 4.74 Å². The summed E-state index contributed by atoms with van der Waals surface area (Å²) in [5, 5.41) is 0. The van der Waals surface area contributed by atoms with Crippen molar-refractivity contribution in [3.05, 3.63) is 17.9 Å². The maximum Gasteiger partial charge on any atom is 0.374 e. The first-order valence-corrected chi connectivity index (χ1v) is 12.1. The smallest absolute Gasteiger partial charge is 0.374 e. The molecule has 0 fully saturated rings. The lowest BCUT2D eigenvalue weighted by molar-refractivity contribution is -0.136. The molecule has 0 unspecified atom stereocenters. The van der Waals surface area contributed by atoms with Crippen LogP contribution in [-0.4, -0.2) is 49.4 Å². The van der Waals surface area contributed by atoms with Gasteiger partial charge in [-0.3, -0.25) is 9.59 Å². The van der Waals surface area contributed by atoms with Crippen LogP contribution in [0.1, 0.15) is 101 Å². The maximum atomic E-state index is 12.0. The Labute approximate surface area is 192 Å². The van der Waals surface area contributed by atoms with Gasteiger partial charge in [0, 0.05) is 13.1 Å². The van der Waals surface area contributed by atoms with E-state index < -0.39 is 18.5 Å². The first kappa shape index (κ1) is 27.7. The van der Waals surface area contributed by atoms with Crippen molar-refractivity contribution in [2.45, 2.75) is 90.9 Å². The van der Waals surface area contributed by atoms with Crippen molar-refractivity contribution in [2.24, 2.45) is 0 Å². The number of rotatable bonds is 19. The first-order valence-electron chi connectivity index (χ1n) is 12.1. The quantitative estimate of drug-likeness (QED) is 0.202. The number of hydrogen-bond donors (Lipinski definition) is 0. The molecule has 0 bridgehead atoms. The molecular formula is C25H41NO6. The Bertz CT molecular complexity index is 669. The second-order valence-electron chi connectivity index (χ2n) is 8.38. The van der Waals surface area contributed by atoms with Gasteiger partial charge in [-0.15, -0.1) is 0 Å². The SMILES string of the molecule is CCCCCCCCCCCCCCOc1ccc(C(=O)OCC(=O)N(C)CC(C)=O)o1. The van der Waals surface area contributed by atoms with E-state index in [1.165, 1.54) is 89.1 Å². The molecule has 0 aliphatic heterocycles. The van der Waals surface area contributed by atoms with Crippen LogP contribution in [0.4, 0.5) is 0 Å². The number of carbonyl (C=O) groups excluding carboxylic acids is 3. The van der Waals surface area contributed by atoms with Crippen molar-refractivity contribution >= 4 is 17.7 Å². The Hall–Kier alpha value is -2.31. The summed E-state index contributed by atoms with van der Waals surface area (Å²) in [6.45, 7) is 3.71. The molecule has 1 aromatic heterocycles. The molecule has 0 aliphatic rings. The Morgan fingerprint density at radius 3 is 2.00 bits per heavy atom. The van der Waals surface area contributed by atoms with Gasteiger partial charge in [0.1, 0.15) is 5.78 Å². The molecule has 0 spiro atoms. The summed E-state index contributed by atoms with van der Waals surface area (Å²) in [6, 6.07) is 3.03. The van der Waals surface area contributed by atoms with Crippen molar-refractivity contribution in [3.63, 3.8) is 0 Å². The third-order valence-electron chi connectivity index (χ3n) is 5.24. The van der Waals surface area contributed by atoms with Crippen LogP contribution >= 0.6 is 0 Å². The van der Waals surface area contributed by atoms with Gasteiger partial charge in [0.25, 0.3) is 11.9 Å². The highest BCUT2D eigenvalue weighted by Gasteiger charge is 2.17. The highest BCUT2D eigenvalue weighted by atomic mass is 16.6. The van der Waals surface area contributed by atoms with E-state index in [0.29, 0.717) is 6.61 Å². The molecule has 1 rings (SSSR count). The lowest BCUT2D eigenvalue weighted by Gasteiger charge is -2.14. The highest BCUT2D eigenvalue weighted by Crippen LogP contribution is 2.18. The molecule has 7 nitrogen and oxygen atoms in total. The normalized spacial score (nSPS) is 10.7. The summed E-state index contributed by atoms with van der Waals surface area (Å²) in [7, 11) is 1.48. The van der Waals surface area contributed by atoms with E-state index in [4.69, 9.17) is 13.9 Å². The molecule has 1 aromatic rings. The van der Waals surface area contributed by atoms with Crippen molar-refractivity contribution in [3.8, 4) is 5.95 Å². The Kier molecular flexibility index (Phi) is 15.0. The predicted octanol–water partition coefficient (Wildman–Crippen LogP) is 5.56. The fourth-order valence-corrected chi connectivity index (χ4v) is 3.35. The summed E-state index contributed by atoms with van der Waals surface area (Å²) < 4.78 is 15.8. The van der Waals surface area contributed by atoms with E-state index in [1.807, 2.05) is 0 Å². The molecule has 0 aromatic carbocycles. The number of ether oxygens (including phenoxy) is 2. The molecular weight excluding hydrogens is 410 g/mol. The van der Waals surface area contributed by atoms with Gasteiger partial charge >= 0.3 is 5.97 Å². The number of esters is 1. The van der Waals surface area contributed by atoms with E-state index >= 15 is 0 Å². The summed E-state index contributed by atoms with van der Waals surface area (Å²) in [5.74, 6) is -1.09. The van der Waals surface area contributed by atoms with Gasteiger partial charge in [0.15, 0.2) is 6.61 Å². The zero-order chi connectivity index (χ0) is 23.6. The Morgan fingerprint density at radius 1 is 0.875 bits per heavy atom. The van der Waals surface area contributed by atoms with Crippen LogP contribution in [-0.2, 0) is 14.3 Å². The third kappa shape index (κ3) is 13.2. The third-order valence-corrected chi connectivity index (χ3v) is 5.24. The number of unbranched alkanes of at least 4 members (excludes halogenated alkanes) is 11. The topological polar surface area (TPSA) is 86.0 Å². The maximum absolute atomic E-state index is 12.0. The summed E-state index contributed by atoms with van der Waals surface area (Å²) >= 11 is 0. The number of ketones is 1. The molecule has 0 N–H and O–H groups in total. The van der Waals surface area contributed by atoms with Crippen LogP contribution in [0, 0.1) is 0 Å². The minimum Gasteiger partial charge on any atom is -0.465 e. The molecule has 0 saturated heterocycles. The average Bonchev–Trinajstić information content (AvgIpc) is 3.23. The number of nitrogens with zero attached hydrogens (tertiary/aromatic N) is 1. The number of likely N-dealkylation sites (N-methyl/N-ethyl adjacent to an activating group) is 1. The van der Waals surface area contributed by atoms with Gasteiger partial charge in [0.2, 0.25) is 5.76 Å². The summed E-state index contributed by atoms with van der Waals surface area (Å²) in [4.78, 5) is 36.0. The second-order valence-corrected chi connectivity index (χ2v) is 8.38. The largest absolute Gasteiger partial charge is 0.465 e. The Morgan fingerprint density at radius 2 is 1.44 bits per heavy atom. The molecule has 0 saturated carbocycles. The summed E-state index contributed by atoms with van der Waals surface area (Å²) in [6.07, 6.45) is 15.4. The molecule has 1 amide bonds. The van der Waals surface area contributed by atoms with Gasteiger partial charge in [-0.2, -0.15) is 0 Å². The van der Waals surface area contributed by atoms with Crippen molar-refractivity contribution in [1.29, 1.82) is 0 Å². The standard InChI is InChI=1S/C25H41NO6/c1-4-5-6-7-8-9-10-11-12-13-14-15-18-30-24-17-16-22(32-24)25(29)31-20-23(28)26(3)19-21(2)27/h16-17H,4-15,18-20H2,1-3H3. The molecule has 1 heterocycles. The van der Waals surface area contributed by atoms with Crippen molar-refractivity contribution < 1.29 is 28.3 Å². The highest BCUT2D eigenvalue weighted by molar-refractivity contribution is 5.90. The molecule has 0 aliphatic carbocycles. The zero-order valence-corrected chi connectivity index (χ0v) is 20.2. The lowest BCUT2D eigenvalue weighted by atomic mass is 10.1. The predicted molar refractivity (Wildman–Crippen MR) is 124 cm³/mol. The monoisotopic (exact) mass is 451 g/mol. The first-order chi connectivity index (χ1) is 15.4.